The second-order valence-corrected chi connectivity index (χ2v) is 6.56. The Kier molecular flexibility index (Phi) is 5.16. The number of benzene rings is 1. The maximum Gasteiger partial charge on any atom is 0.268 e. The van der Waals surface area contributed by atoms with Gasteiger partial charge in [0.15, 0.2) is 5.82 Å². The SMILES string of the molecule is CNC(=O)c1cc(Cl)cc(C)c1-c1cnn(-c2ncccc2Cl)c1C(N)=O. The van der Waals surface area contributed by atoms with E-state index in [-0.39, 0.29) is 17.4 Å². The molecule has 2 amide bonds. The molecule has 7 nitrogen and oxygen atoms in total. The van der Waals surface area contributed by atoms with Crippen LogP contribution >= 0.6 is 23.2 Å². The Morgan fingerprint density at radius 1 is 1.26 bits per heavy atom. The molecule has 27 heavy (non-hydrogen) atoms. The minimum atomic E-state index is -0.735. The van der Waals surface area contributed by atoms with Gasteiger partial charge in [-0.05, 0) is 36.8 Å². The molecule has 0 spiro atoms. The topological polar surface area (TPSA) is 103 Å². The van der Waals surface area contributed by atoms with E-state index in [1.807, 2.05) is 0 Å². The van der Waals surface area contributed by atoms with Gasteiger partial charge in [-0.25, -0.2) is 9.67 Å². The largest absolute Gasteiger partial charge is 0.364 e. The quantitative estimate of drug-likeness (QED) is 0.698. The van der Waals surface area contributed by atoms with Crippen LogP contribution in [-0.4, -0.2) is 33.6 Å². The number of carbonyl (C=O) groups excluding carboxylic acids is 2. The fraction of sp³-hybridized carbons (Fsp3) is 0.111. The Morgan fingerprint density at radius 2 is 2.00 bits per heavy atom. The molecule has 0 saturated heterocycles. The van der Waals surface area contributed by atoms with Gasteiger partial charge in [-0.1, -0.05) is 23.2 Å². The average Bonchev–Trinajstić information content (AvgIpc) is 3.05. The molecular weight excluding hydrogens is 389 g/mol. The number of nitrogens with one attached hydrogen (secondary N) is 1. The summed E-state index contributed by atoms with van der Waals surface area (Å²) < 4.78 is 1.27. The van der Waals surface area contributed by atoms with E-state index in [0.717, 1.165) is 0 Å². The molecule has 2 heterocycles. The first kappa shape index (κ1) is 18.9. The third kappa shape index (κ3) is 3.39. The monoisotopic (exact) mass is 403 g/mol. The standard InChI is InChI=1S/C18H15Cl2N5O2/c1-9-6-10(19)7-11(18(27)22-2)14(9)12-8-24-25(15(12)16(21)26)17-13(20)4-3-5-23-17/h3-8H,1-2H3,(H2,21,26)(H,22,27). The van der Waals surface area contributed by atoms with Gasteiger partial charge in [-0.2, -0.15) is 5.10 Å². The number of hydrogen-bond donors (Lipinski definition) is 2. The number of amides is 2. The number of carbonyl (C=O) groups is 2. The molecule has 0 fully saturated rings. The fourth-order valence-electron chi connectivity index (χ4n) is 2.88. The zero-order valence-corrected chi connectivity index (χ0v) is 16.0. The molecule has 0 atom stereocenters. The van der Waals surface area contributed by atoms with Gasteiger partial charge in [0, 0.05) is 35.0 Å². The van der Waals surface area contributed by atoms with Crippen LogP contribution in [-0.2, 0) is 0 Å². The van der Waals surface area contributed by atoms with E-state index in [0.29, 0.717) is 32.3 Å². The molecule has 0 radical (unpaired) electrons. The number of halogens is 2. The van der Waals surface area contributed by atoms with Crippen LogP contribution in [0.5, 0.6) is 0 Å². The van der Waals surface area contributed by atoms with E-state index >= 15 is 0 Å². The summed E-state index contributed by atoms with van der Waals surface area (Å²) in [6, 6.07) is 6.50. The Labute approximate surface area is 165 Å². The highest BCUT2D eigenvalue weighted by Crippen LogP contribution is 2.34. The lowest BCUT2D eigenvalue weighted by molar-refractivity contribution is 0.0960. The van der Waals surface area contributed by atoms with E-state index in [4.69, 9.17) is 28.9 Å². The Balaban J connectivity index is 2.34. The van der Waals surface area contributed by atoms with Crippen molar-refractivity contribution in [3.63, 3.8) is 0 Å². The van der Waals surface area contributed by atoms with Crippen LogP contribution < -0.4 is 11.1 Å². The van der Waals surface area contributed by atoms with Crippen LogP contribution in [0.4, 0.5) is 0 Å². The summed E-state index contributed by atoms with van der Waals surface area (Å²) in [7, 11) is 1.51. The minimum Gasteiger partial charge on any atom is -0.364 e. The van der Waals surface area contributed by atoms with E-state index in [1.165, 1.54) is 30.2 Å². The predicted octanol–water partition coefficient (Wildman–Crippen LogP) is 3.01. The van der Waals surface area contributed by atoms with E-state index in [9.17, 15) is 9.59 Å². The van der Waals surface area contributed by atoms with Crippen molar-refractivity contribution >= 4 is 35.0 Å². The van der Waals surface area contributed by atoms with Gasteiger partial charge in [0.25, 0.3) is 11.8 Å². The third-order valence-electron chi connectivity index (χ3n) is 3.98. The smallest absolute Gasteiger partial charge is 0.268 e. The summed E-state index contributed by atoms with van der Waals surface area (Å²) in [5, 5.41) is 7.51. The van der Waals surface area contributed by atoms with Crippen molar-refractivity contribution in [3.8, 4) is 16.9 Å². The van der Waals surface area contributed by atoms with Crippen molar-refractivity contribution in [2.45, 2.75) is 6.92 Å². The normalized spacial score (nSPS) is 10.7. The highest BCUT2D eigenvalue weighted by atomic mass is 35.5. The van der Waals surface area contributed by atoms with Crippen LogP contribution in [0.15, 0.2) is 36.7 Å². The number of aryl methyl sites for hydroxylation is 1. The van der Waals surface area contributed by atoms with E-state index in [2.05, 4.69) is 15.4 Å². The number of primary amides is 1. The lowest BCUT2D eigenvalue weighted by atomic mass is 9.94. The average molecular weight is 404 g/mol. The number of hydrogen-bond acceptors (Lipinski definition) is 4. The molecule has 0 aliphatic rings. The molecule has 138 valence electrons. The molecular formula is C18H15Cl2N5O2. The number of aromatic nitrogens is 3. The molecule has 0 aliphatic heterocycles. The third-order valence-corrected chi connectivity index (χ3v) is 4.50. The molecule has 9 heteroatoms. The Morgan fingerprint density at radius 3 is 2.63 bits per heavy atom. The summed E-state index contributed by atoms with van der Waals surface area (Å²) in [4.78, 5) is 28.8. The van der Waals surface area contributed by atoms with Crippen LogP contribution in [0, 0.1) is 6.92 Å². The zero-order chi connectivity index (χ0) is 19.7. The summed E-state index contributed by atoms with van der Waals surface area (Å²) in [6.07, 6.45) is 2.98. The minimum absolute atomic E-state index is 0.0613. The molecule has 3 rings (SSSR count). The molecule has 1 aromatic carbocycles. The van der Waals surface area contributed by atoms with Crippen molar-refractivity contribution in [2.75, 3.05) is 7.05 Å². The zero-order valence-electron chi connectivity index (χ0n) is 14.5. The number of pyridine rings is 1. The van der Waals surface area contributed by atoms with Gasteiger partial charge in [0.2, 0.25) is 0 Å². The maximum absolute atomic E-state index is 12.4. The first-order valence-corrected chi connectivity index (χ1v) is 8.62. The predicted molar refractivity (Wildman–Crippen MR) is 103 cm³/mol. The van der Waals surface area contributed by atoms with Crippen molar-refractivity contribution in [1.82, 2.24) is 20.1 Å². The van der Waals surface area contributed by atoms with E-state index < -0.39 is 5.91 Å². The van der Waals surface area contributed by atoms with Crippen LogP contribution in [0.3, 0.4) is 0 Å². The molecule has 0 unspecified atom stereocenters. The summed E-state index contributed by atoms with van der Waals surface area (Å²) in [5.74, 6) is -0.830. The second-order valence-electron chi connectivity index (χ2n) is 5.72. The van der Waals surface area contributed by atoms with Gasteiger partial charge in [0.1, 0.15) is 5.69 Å². The van der Waals surface area contributed by atoms with Crippen molar-refractivity contribution < 1.29 is 9.59 Å². The van der Waals surface area contributed by atoms with Crippen LogP contribution in [0.2, 0.25) is 10.0 Å². The van der Waals surface area contributed by atoms with Crippen molar-refractivity contribution in [2.24, 2.45) is 5.73 Å². The maximum atomic E-state index is 12.4. The second kappa shape index (κ2) is 7.38. The van der Waals surface area contributed by atoms with Gasteiger partial charge in [-0.3, -0.25) is 9.59 Å². The van der Waals surface area contributed by atoms with Crippen molar-refractivity contribution in [3.05, 3.63) is 63.5 Å². The lowest BCUT2D eigenvalue weighted by Gasteiger charge is -2.13. The molecule has 0 saturated carbocycles. The summed E-state index contributed by atoms with van der Waals surface area (Å²) >= 11 is 12.3. The van der Waals surface area contributed by atoms with Gasteiger partial charge < -0.3 is 11.1 Å². The van der Waals surface area contributed by atoms with Crippen LogP contribution in [0.25, 0.3) is 16.9 Å². The lowest BCUT2D eigenvalue weighted by Crippen LogP contribution is -2.21. The molecule has 0 bridgehead atoms. The molecule has 3 aromatic rings. The summed E-state index contributed by atoms with van der Waals surface area (Å²) in [5.41, 5.74) is 7.57. The number of nitrogens with two attached hydrogens (primary N) is 1. The van der Waals surface area contributed by atoms with Gasteiger partial charge >= 0.3 is 0 Å². The van der Waals surface area contributed by atoms with Gasteiger partial charge in [-0.15, -0.1) is 0 Å². The molecule has 3 N–H and O–H groups in total. The molecule has 2 aromatic heterocycles. The molecule has 0 aliphatic carbocycles. The number of rotatable bonds is 4. The first-order valence-electron chi connectivity index (χ1n) is 7.86. The van der Waals surface area contributed by atoms with Crippen molar-refractivity contribution in [1.29, 1.82) is 0 Å². The summed E-state index contributed by atoms with van der Waals surface area (Å²) in [6.45, 7) is 1.78. The Bertz CT molecular complexity index is 1060. The van der Waals surface area contributed by atoms with Gasteiger partial charge in [0.05, 0.1) is 11.2 Å². The first-order chi connectivity index (χ1) is 12.8. The fourth-order valence-corrected chi connectivity index (χ4v) is 3.35. The van der Waals surface area contributed by atoms with E-state index in [1.54, 1.807) is 25.1 Å². The Hall–Kier alpha value is -2.90. The van der Waals surface area contributed by atoms with Crippen LogP contribution in [0.1, 0.15) is 26.4 Å². The number of nitrogens with zero attached hydrogens (tertiary/aromatic N) is 3. The highest BCUT2D eigenvalue weighted by Gasteiger charge is 2.25. The highest BCUT2D eigenvalue weighted by molar-refractivity contribution is 6.32.